The maximum atomic E-state index is 12.8. The molecule has 4 rings (SSSR count). The van der Waals surface area contributed by atoms with Gasteiger partial charge in [0.2, 0.25) is 0 Å². The quantitative estimate of drug-likeness (QED) is 0.287. The van der Waals surface area contributed by atoms with Gasteiger partial charge in [0, 0.05) is 35.3 Å². The molecule has 0 radical (unpaired) electrons. The average Bonchev–Trinajstić information content (AvgIpc) is 2.88. The number of hydroxylamine groups is 2. The van der Waals surface area contributed by atoms with Gasteiger partial charge >= 0.3 is 11.9 Å². The molecule has 0 saturated carbocycles. The van der Waals surface area contributed by atoms with Gasteiger partial charge in [-0.3, -0.25) is 4.84 Å². The van der Waals surface area contributed by atoms with Gasteiger partial charge in [-0.05, 0) is 81.8 Å². The normalized spacial score (nSPS) is 17.7. The lowest BCUT2D eigenvalue weighted by molar-refractivity contribution is -0.319. The monoisotopic (exact) mass is 531 g/mol. The molecule has 0 bridgehead atoms. The summed E-state index contributed by atoms with van der Waals surface area (Å²) < 4.78 is 11.6. The van der Waals surface area contributed by atoms with E-state index in [-0.39, 0.29) is 18.7 Å². The SMILES string of the molecule is CC1(C)CC(OC(=O)c2ccc(N)cc2)CC(C)(C)N1OC(COC(=O)c1ccc(N)cc1)c1ccccc1. The van der Waals surface area contributed by atoms with E-state index in [2.05, 4.69) is 27.7 Å². The lowest BCUT2D eigenvalue weighted by Gasteiger charge is -2.54. The van der Waals surface area contributed by atoms with E-state index in [1.807, 2.05) is 35.4 Å². The first kappa shape index (κ1) is 28.1. The van der Waals surface area contributed by atoms with Crippen molar-refractivity contribution in [3.63, 3.8) is 0 Å². The van der Waals surface area contributed by atoms with E-state index < -0.39 is 23.2 Å². The third kappa shape index (κ3) is 6.96. The van der Waals surface area contributed by atoms with Crippen LogP contribution in [-0.4, -0.2) is 40.8 Å². The molecule has 0 aromatic heterocycles. The standard InChI is InChI=1S/C31H37N3O5/c1-30(2)18-26(38-29(36)23-12-16-25(33)17-13-23)19-31(3,4)34(30)39-27(21-8-6-5-7-9-21)20-37-28(35)22-10-14-24(32)15-11-22/h5-17,26-27H,18-20,32-33H2,1-4H3. The third-order valence-corrected chi connectivity index (χ3v) is 6.89. The summed E-state index contributed by atoms with van der Waals surface area (Å²) in [5.74, 6) is -0.830. The van der Waals surface area contributed by atoms with E-state index in [1.165, 1.54) is 0 Å². The molecule has 1 aliphatic rings. The Morgan fingerprint density at radius 2 is 1.28 bits per heavy atom. The van der Waals surface area contributed by atoms with Crippen LogP contribution in [0.5, 0.6) is 0 Å². The minimum absolute atomic E-state index is 0.0193. The molecule has 1 aliphatic heterocycles. The number of nitrogens with zero attached hydrogens (tertiary/aromatic N) is 1. The predicted octanol–water partition coefficient (Wildman–Crippen LogP) is 5.56. The molecule has 0 spiro atoms. The first-order valence-corrected chi connectivity index (χ1v) is 13.1. The first-order valence-electron chi connectivity index (χ1n) is 13.1. The van der Waals surface area contributed by atoms with Crippen molar-refractivity contribution >= 4 is 23.3 Å². The highest BCUT2D eigenvalue weighted by Gasteiger charge is 2.49. The van der Waals surface area contributed by atoms with Crippen molar-refractivity contribution in [1.82, 2.24) is 5.06 Å². The molecule has 3 aromatic rings. The molecule has 39 heavy (non-hydrogen) atoms. The third-order valence-electron chi connectivity index (χ3n) is 6.89. The van der Waals surface area contributed by atoms with Crippen molar-refractivity contribution in [2.24, 2.45) is 0 Å². The van der Waals surface area contributed by atoms with Crippen LogP contribution in [0.3, 0.4) is 0 Å². The summed E-state index contributed by atoms with van der Waals surface area (Å²) in [6, 6.07) is 23.0. The van der Waals surface area contributed by atoms with Crippen LogP contribution < -0.4 is 11.5 Å². The van der Waals surface area contributed by atoms with E-state index in [4.69, 9.17) is 25.8 Å². The van der Waals surface area contributed by atoms with Gasteiger partial charge in [0.05, 0.1) is 11.1 Å². The zero-order valence-corrected chi connectivity index (χ0v) is 22.9. The van der Waals surface area contributed by atoms with Crippen molar-refractivity contribution in [1.29, 1.82) is 0 Å². The highest BCUT2D eigenvalue weighted by atomic mass is 16.7. The molecule has 0 aliphatic carbocycles. The van der Waals surface area contributed by atoms with Gasteiger partial charge in [-0.15, -0.1) is 0 Å². The van der Waals surface area contributed by atoms with E-state index in [9.17, 15) is 9.59 Å². The number of piperidine rings is 1. The Kier molecular flexibility index (Phi) is 8.28. The Morgan fingerprint density at radius 3 is 1.79 bits per heavy atom. The van der Waals surface area contributed by atoms with Crippen molar-refractivity contribution in [3.8, 4) is 0 Å². The fraction of sp³-hybridized carbons (Fsp3) is 0.355. The molecule has 1 fully saturated rings. The smallest absolute Gasteiger partial charge is 0.338 e. The van der Waals surface area contributed by atoms with Gasteiger partial charge in [-0.1, -0.05) is 30.3 Å². The van der Waals surface area contributed by atoms with Gasteiger partial charge in [0.1, 0.15) is 18.8 Å². The van der Waals surface area contributed by atoms with Crippen LogP contribution in [0.15, 0.2) is 78.9 Å². The Balaban J connectivity index is 1.48. The number of nitrogens with two attached hydrogens (primary N) is 2. The van der Waals surface area contributed by atoms with Crippen molar-refractivity contribution < 1.29 is 23.9 Å². The molecule has 8 nitrogen and oxygen atoms in total. The van der Waals surface area contributed by atoms with Crippen LogP contribution in [-0.2, 0) is 14.3 Å². The zero-order valence-electron chi connectivity index (χ0n) is 22.9. The van der Waals surface area contributed by atoms with Gasteiger partial charge < -0.3 is 20.9 Å². The van der Waals surface area contributed by atoms with E-state index >= 15 is 0 Å². The number of esters is 2. The molecule has 4 N–H and O–H groups in total. The van der Waals surface area contributed by atoms with E-state index in [0.29, 0.717) is 35.3 Å². The summed E-state index contributed by atoms with van der Waals surface area (Å²) in [6.45, 7) is 8.24. The van der Waals surface area contributed by atoms with Gasteiger partial charge in [-0.25, -0.2) is 9.59 Å². The Morgan fingerprint density at radius 1 is 0.795 bits per heavy atom. The number of rotatable bonds is 8. The van der Waals surface area contributed by atoms with Crippen LogP contribution >= 0.6 is 0 Å². The molecule has 8 heteroatoms. The fourth-order valence-electron chi connectivity index (χ4n) is 5.22. The van der Waals surface area contributed by atoms with Crippen molar-refractivity contribution in [3.05, 3.63) is 95.6 Å². The zero-order chi connectivity index (χ0) is 28.2. The largest absolute Gasteiger partial charge is 0.459 e. The van der Waals surface area contributed by atoms with E-state index in [1.54, 1.807) is 48.5 Å². The second kappa shape index (κ2) is 11.5. The molecular weight excluding hydrogens is 494 g/mol. The topological polar surface area (TPSA) is 117 Å². The number of ether oxygens (including phenoxy) is 2. The molecule has 1 unspecified atom stereocenters. The van der Waals surface area contributed by atoms with Crippen LogP contribution in [0.4, 0.5) is 11.4 Å². The predicted molar refractivity (Wildman–Crippen MR) is 151 cm³/mol. The Hall–Kier alpha value is -3.88. The van der Waals surface area contributed by atoms with Gasteiger partial charge in [0.25, 0.3) is 0 Å². The van der Waals surface area contributed by atoms with Crippen molar-refractivity contribution in [2.45, 2.75) is 63.8 Å². The maximum Gasteiger partial charge on any atom is 0.338 e. The number of hydrogen-bond donors (Lipinski definition) is 2. The highest BCUT2D eigenvalue weighted by Crippen LogP contribution is 2.42. The lowest BCUT2D eigenvalue weighted by atomic mass is 9.80. The molecule has 3 aromatic carbocycles. The Labute approximate surface area is 229 Å². The van der Waals surface area contributed by atoms with E-state index in [0.717, 1.165) is 5.56 Å². The minimum atomic E-state index is -0.545. The summed E-state index contributed by atoms with van der Waals surface area (Å²) in [5, 5.41) is 1.96. The number of carbonyl (C=O) groups is 2. The molecule has 0 amide bonds. The molecular formula is C31H37N3O5. The summed E-state index contributed by atoms with van der Waals surface area (Å²) in [5.41, 5.74) is 13.4. The van der Waals surface area contributed by atoms with Crippen LogP contribution in [0.2, 0.25) is 0 Å². The summed E-state index contributed by atoms with van der Waals surface area (Å²) in [6.07, 6.45) is 0.267. The Bertz CT molecular complexity index is 1260. The number of anilines is 2. The molecule has 1 heterocycles. The molecule has 1 saturated heterocycles. The fourth-order valence-corrected chi connectivity index (χ4v) is 5.22. The summed E-state index contributed by atoms with van der Waals surface area (Å²) >= 11 is 0. The second-order valence-corrected chi connectivity index (χ2v) is 11.2. The highest BCUT2D eigenvalue weighted by molar-refractivity contribution is 5.90. The van der Waals surface area contributed by atoms with Gasteiger partial charge in [-0.2, -0.15) is 5.06 Å². The summed E-state index contributed by atoms with van der Waals surface area (Å²) in [4.78, 5) is 32.2. The number of hydrogen-bond acceptors (Lipinski definition) is 8. The van der Waals surface area contributed by atoms with Crippen LogP contribution in [0, 0.1) is 0 Å². The molecule has 206 valence electrons. The lowest BCUT2D eigenvalue weighted by Crippen LogP contribution is -2.62. The van der Waals surface area contributed by atoms with Crippen molar-refractivity contribution in [2.75, 3.05) is 18.1 Å². The number of carbonyl (C=O) groups excluding carboxylic acids is 2. The maximum absolute atomic E-state index is 12.8. The van der Waals surface area contributed by atoms with Crippen LogP contribution in [0.25, 0.3) is 0 Å². The first-order chi connectivity index (χ1) is 18.4. The average molecular weight is 532 g/mol. The second-order valence-electron chi connectivity index (χ2n) is 11.2. The minimum Gasteiger partial charge on any atom is -0.459 e. The summed E-state index contributed by atoms with van der Waals surface area (Å²) in [7, 11) is 0. The number of benzene rings is 3. The van der Waals surface area contributed by atoms with Crippen LogP contribution in [0.1, 0.15) is 72.9 Å². The molecule has 1 atom stereocenters. The number of nitrogen functional groups attached to an aromatic ring is 2. The van der Waals surface area contributed by atoms with Gasteiger partial charge in [0.15, 0.2) is 0 Å².